The van der Waals surface area contributed by atoms with E-state index in [1.165, 1.54) is 0 Å². The first-order valence-corrected chi connectivity index (χ1v) is 7.06. The van der Waals surface area contributed by atoms with Crippen LogP contribution in [0.3, 0.4) is 0 Å². The SMILES string of the molecule is COCCN(CCO)C(=O)c1ccc2[nH]c(C)c(C)c2c1. The zero-order valence-electron chi connectivity index (χ0n) is 12.8. The van der Waals surface area contributed by atoms with Gasteiger partial charge in [0.25, 0.3) is 5.91 Å². The number of H-pyrrole nitrogens is 1. The summed E-state index contributed by atoms with van der Waals surface area (Å²) in [7, 11) is 1.60. The molecule has 2 rings (SSSR count). The van der Waals surface area contributed by atoms with E-state index < -0.39 is 0 Å². The molecule has 0 bridgehead atoms. The lowest BCUT2D eigenvalue weighted by molar-refractivity contribution is 0.0656. The molecule has 0 aliphatic rings. The number of hydrogen-bond acceptors (Lipinski definition) is 3. The number of aromatic nitrogens is 1. The minimum atomic E-state index is -0.0822. The summed E-state index contributed by atoms with van der Waals surface area (Å²) in [4.78, 5) is 17.5. The summed E-state index contributed by atoms with van der Waals surface area (Å²) >= 11 is 0. The summed E-state index contributed by atoms with van der Waals surface area (Å²) in [6.07, 6.45) is 0. The Kier molecular flexibility index (Phi) is 4.98. The molecule has 2 N–H and O–H groups in total. The van der Waals surface area contributed by atoms with Crippen LogP contribution in [0.1, 0.15) is 21.6 Å². The number of amides is 1. The smallest absolute Gasteiger partial charge is 0.254 e. The molecule has 1 aromatic carbocycles. The molecule has 0 saturated carbocycles. The first kappa shape index (κ1) is 15.5. The Morgan fingerprint density at radius 1 is 1.33 bits per heavy atom. The van der Waals surface area contributed by atoms with Crippen molar-refractivity contribution in [3.8, 4) is 0 Å². The van der Waals surface area contributed by atoms with Crippen LogP contribution in [0.15, 0.2) is 18.2 Å². The lowest BCUT2D eigenvalue weighted by Crippen LogP contribution is -2.36. The Bertz CT molecular complexity index is 634. The first-order chi connectivity index (χ1) is 10.1. The summed E-state index contributed by atoms with van der Waals surface area (Å²) in [5, 5.41) is 10.2. The maximum atomic E-state index is 12.6. The summed E-state index contributed by atoms with van der Waals surface area (Å²) in [5.41, 5.74) is 3.94. The molecule has 5 heteroatoms. The Labute approximate surface area is 124 Å². The molecule has 5 nitrogen and oxygen atoms in total. The van der Waals surface area contributed by atoms with Crippen molar-refractivity contribution in [1.82, 2.24) is 9.88 Å². The monoisotopic (exact) mass is 290 g/mol. The van der Waals surface area contributed by atoms with Crippen molar-refractivity contribution in [2.75, 3.05) is 33.4 Å². The fourth-order valence-corrected chi connectivity index (χ4v) is 2.41. The van der Waals surface area contributed by atoms with E-state index in [-0.39, 0.29) is 12.5 Å². The lowest BCUT2D eigenvalue weighted by Gasteiger charge is -2.21. The van der Waals surface area contributed by atoms with Crippen LogP contribution in [0.25, 0.3) is 10.9 Å². The second-order valence-corrected chi connectivity index (χ2v) is 5.14. The van der Waals surface area contributed by atoms with Crippen molar-refractivity contribution in [3.05, 3.63) is 35.0 Å². The van der Waals surface area contributed by atoms with Gasteiger partial charge in [0.2, 0.25) is 0 Å². The topological polar surface area (TPSA) is 65.6 Å². The van der Waals surface area contributed by atoms with E-state index in [2.05, 4.69) is 4.98 Å². The molecular weight excluding hydrogens is 268 g/mol. The van der Waals surface area contributed by atoms with Crippen molar-refractivity contribution in [2.45, 2.75) is 13.8 Å². The fourth-order valence-electron chi connectivity index (χ4n) is 2.41. The molecule has 2 aromatic rings. The molecule has 0 unspecified atom stereocenters. The molecule has 0 aliphatic carbocycles. The second-order valence-electron chi connectivity index (χ2n) is 5.14. The van der Waals surface area contributed by atoms with Crippen molar-refractivity contribution < 1.29 is 14.6 Å². The van der Waals surface area contributed by atoms with Gasteiger partial charge in [0, 0.05) is 42.4 Å². The number of carbonyl (C=O) groups excluding carboxylic acids is 1. The highest BCUT2D eigenvalue weighted by molar-refractivity contribution is 5.99. The molecule has 0 spiro atoms. The van der Waals surface area contributed by atoms with Crippen LogP contribution in [0.5, 0.6) is 0 Å². The predicted octanol–water partition coefficient (Wildman–Crippen LogP) is 1.87. The van der Waals surface area contributed by atoms with Gasteiger partial charge in [-0.05, 0) is 37.6 Å². The van der Waals surface area contributed by atoms with E-state index in [1.807, 2.05) is 32.0 Å². The largest absolute Gasteiger partial charge is 0.395 e. The van der Waals surface area contributed by atoms with Crippen molar-refractivity contribution in [3.63, 3.8) is 0 Å². The molecular formula is C16H22N2O3. The van der Waals surface area contributed by atoms with Gasteiger partial charge >= 0.3 is 0 Å². The third-order valence-electron chi connectivity index (χ3n) is 3.78. The van der Waals surface area contributed by atoms with Crippen LogP contribution in [-0.2, 0) is 4.74 Å². The zero-order chi connectivity index (χ0) is 15.4. The highest BCUT2D eigenvalue weighted by atomic mass is 16.5. The highest BCUT2D eigenvalue weighted by Crippen LogP contribution is 2.23. The van der Waals surface area contributed by atoms with E-state index in [0.29, 0.717) is 25.3 Å². The van der Waals surface area contributed by atoms with Crippen molar-refractivity contribution in [2.24, 2.45) is 0 Å². The number of nitrogens with zero attached hydrogens (tertiary/aromatic N) is 1. The molecule has 1 aromatic heterocycles. The van der Waals surface area contributed by atoms with Gasteiger partial charge in [-0.3, -0.25) is 4.79 Å². The van der Waals surface area contributed by atoms with E-state index in [4.69, 9.17) is 9.84 Å². The Morgan fingerprint density at radius 2 is 2.10 bits per heavy atom. The Balaban J connectivity index is 2.30. The maximum Gasteiger partial charge on any atom is 0.254 e. The normalized spacial score (nSPS) is 11.0. The lowest BCUT2D eigenvalue weighted by atomic mass is 10.1. The number of aliphatic hydroxyl groups excluding tert-OH is 1. The van der Waals surface area contributed by atoms with E-state index in [1.54, 1.807) is 12.0 Å². The third kappa shape index (κ3) is 3.25. The fraction of sp³-hybridized carbons (Fsp3) is 0.438. The molecule has 0 aliphatic heterocycles. The van der Waals surface area contributed by atoms with Gasteiger partial charge < -0.3 is 19.7 Å². The number of hydrogen-bond donors (Lipinski definition) is 2. The van der Waals surface area contributed by atoms with Gasteiger partial charge in [0.05, 0.1) is 13.2 Å². The average molecular weight is 290 g/mol. The molecule has 0 fully saturated rings. The van der Waals surface area contributed by atoms with Crippen LogP contribution in [-0.4, -0.2) is 54.3 Å². The molecule has 1 amide bonds. The molecule has 21 heavy (non-hydrogen) atoms. The number of carbonyl (C=O) groups is 1. The molecule has 0 saturated heterocycles. The number of fused-ring (bicyclic) bond motifs is 1. The van der Waals surface area contributed by atoms with E-state index in [9.17, 15) is 4.79 Å². The Hall–Kier alpha value is -1.85. The predicted molar refractivity (Wildman–Crippen MR) is 82.6 cm³/mol. The molecule has 114 valence electrons. The van der Waals surface area contributed by atoms with Crippen LogP contribution in [0.2, 0.25) is 0 Å². The van der Waals surface area contributed by atoms with Gasteiger partial charge in [-0.1, -0.05) is 0 Å². The summed E-state index contributed by atoms with van der Waals surface area (Å²) in [6.45, 7) is 5.24. The van der Waals surface area contributed by atoms with Crippen molar-refractivity contribution >= 4 is 16.8 Å². The number of nitrogens with one attached hydrogen (secondary N) is 1. The van der Waals surface area contributed by atoms with Crippen LogP contribution in [0, 0.1) is 13.8 Å². The summed E-state index contributed by atoms with van der Waals surface area (Å²) in [5.74, 6) is -0.0822. The number of methoxy groups -OCH3 is 1. The van der Waals surface area contributed by atoms with Gasteiger partial charge in [-0.2, -0.15) is 0 Å². The third-order valence-corrected chi connectivity index (χ3v) is 3.78. The summed E-state index contributed by atoms with van der Waals surface area (Å²) < 4.78 is 5.02. The number of aliphatic hydroxyl groups is 1. The average Bonchev–Trinajstić information content (AvgIpc) is 2.77. The van der Waals surface area contributed by atoms with E-state index in [0.717, 1.165) is 22.2 Å². The number of aryl methyl sites for hydroxylation is 2. The van der Waals surface area contributed by atoms with Crippen LogP contribution in [0.4, 0.5) is 0 Å². The molecule has 0 atom stereocenters. The number of rotatable bonds is 6. The second kappa shape index (κ2) is 6.74. The molecule has 0 radical (unpaired) electrons. The summed E-state index contributed by atoms with van der Waals surface area (Å²) in [6, 6.07) is 5.65. The minimum absolute atomic E-state index is 0.0556. The van der Waals surface area contributed by atoms with Crippen LogP contribution < -0.4 is 0 Å². The number of aromatic amines is 1. The van der Waals surface area contributed by atoms with Gasteiger partial charge in [0.1, 0.15) is 0 Å². The number of ether oxygens (including phenoxy) is 1. The van der Waals surface area contributed by atoms with Gasteiger partial charge in [-0.25, -0.2) is 0 Å². The first-order valence-electron chi connectivity index (χ1n) is 7.06. The standard InChI is InChI=1S/C16H22N2O3/c1-11-12(2)17-15-5-4-13(10-14(11)15)16(20)18(6-8-19)7-9-21-3/h4-5,10,17,19H,6-9H2,1-3H3. The maximum absolute atomic E-state index is 12.6. The minimum Gasteiger partial charge on any atom is -0.395 e. The highest BCUT2D eigenvalue weighted by Gasteiger charge is 2.16. The Morgan fingerprint density at radius 3 is 2.76 bits per heavy atom. The number of benzene rings is 1. The van der Waals surface area contributed by atoms with E-state index >= 15 is 0 Å². The quantitative estimate of drug-likeness (QED) is 0.853. The molecule has 1 heterocycles. The van der Waals surface area contributed by atoms with Gasteiger partial charge in [-0.15, -0.1) is 0 Å². The zero-order valence-corrected chi connectivity index (χ0v) is 12.8. The van der Waals surface area contributed by atoms with Crippen molar-refractivity contribution in [1.29, 1.82) is 0 Å². The van der Waals surface area contributed by atoms with Gasteiger partial charge in [0.15, 0.2) is 0 Å². The van der Waals surface area contributed by atoms with Crippen LogP contribution >= 0.6 is 0 Å².